The predicted octanol–water partition coefficient (Wildman–Crippen LogP) is 6.77. The summed E-state index contributed by atoms with van der Waals surface area (Å²) in [4.78, 5) is 5.13. The molecule has 0 aromatic heterocycles. The molecule has 162 valence electrons. The summed E-state index contributed by atoms with van der Waals surface area (Å²) in [6, 6.07) is 27.4. The molecule has 1 aliphatic carbocycles. The summed E-state index contributed by atoms with van der Waals surface area (Å²) < 4.78 is 0. The molecular weight excluding hydrogens is 398 g/mol. The maximum Gasteiger partial charge on any atom is 0.0721 e. The second-order valence-electron chi connectivity index (χ2n) is 8.10. The fraction of sp³-hybridized carbons (Fsp3) is 0.0938. The van der Waals surface area contributed by atoms with Crippen LogP contribution in [-0.2, 0) is 0 Å². The molecule has 1 nitrogen and oxygen atoms in total. The SMILES string of the molecule is C=C1CCC=CC1=NC(=C/C=C\C)/C(c1cccc(-c2ccccc2)c1)=c1/ccccc1=C. The van der Waals surface area contributed by atoms with Gasteiger partial charge in [-0.2, -0.15) is 0 Å². The van der Waals surface area contributed by atoms with E-state index >= 15 is 0 Å². The molecule has 0 heterocycles. The number of hydrogen-bond donors (Lipinski definition) is 0. The Balaban J connectivity index is 2.00. The first-order valence-electron chi connectivity index (χ1n) is 11.4. The molecule has 0 aliphatic heterocycles. The van der Waals surface area contributed by atoms with Crippen LogP contribution in [0.25, 0.3) is 23.3 Å². The lowest BCUT2D eigenvalue weighted by Gasteiger charge is -2.15. The van der Waals surface area contributed by atoms with Crippen LogP contribution in [0.2, 0.25) is 0 Å². The van der Waals surface area contributed by atoms with Gasteiger partial charge in [-0.1, -0.05) is 104 Å². The van der Waals surface area contributed by atoms with Gasteiger partial charge in [-0.15, -0.1) is 0 Å². The van der Waals surface area contributed by atoms with Crippen molar-refractivity contribution in [2.45, 2.75) is 19.8 Å². The Morgan fingerprint density at radius 3 is 2.39 bits per heavy atom. The minimum Gasteiger partial charge on any atom is -0.248 e. The summed E-state index contributed by atoms with van der Waals surface area (Å²) in [6.45, 7) is 10.6. The average molecular weight is 428 g/mol. The van der Waals surface area contributed by atoms with E-state index in [1.54, 1.807) is 0 Å². The van der Waals surface area contributed by atoms with Gasteiger partial charge in [0, 0.05) is 5.57 Å². The molecule has 3 aromatic carbocycles. The molecule has 1 aliphatic rings. The molecule has 0 saturated heterocycles. The summed E-state index contributed by atoms with van der Waals surface area (Å²) in [5.41, 5.74) is 7.45. The zero-order chi connectivity index (χ0) is 23.0. The standard InChI is InChI=1S/C32H29N/c1-4-5-21-31(33-30-22-12-10-15-25(30)3)32(29-20-11-9-14-24(29)2)28-19-13-18-27(23-28)26-16-7-6-8-17-26/h4-9,11-14,16-23H,2-3,10,15H2,1H3/b5-4-,31-21+,32-29-,33-30?. The lowest BCUT2D eigenvalue weighted by atomic mass is 9.94. The first kappa shape index (κ1) is 22.2. The molecule has 4 rings (SSSR count). The minimum absolute atomic E-state index is 0.900. The third kappa shape index (κ3) is 5.27. The van der Waals surface area contributed by atoms with Gasteiger partial charge in [-0.25, -0.2) is 4.99 Å². The molecule has 0 saturated carbocycles. The average Bonchev–Trinajstić information content (AvgIpc) is 2.86. The van der Waals surface area contributed by atoms with Crippen LogP contribution >= 0.6 is 0 Å². The van der Waals surface area contributed by atoms with Crippen molar-refractivity contribution in [3.8, 4) is 11.1 Å². The van der Waals surface area contributed by atoms with Gasteiger partial charge in [-0.3, -0.25) is 0 Å². The molecule has 0 N–H and O–H groups in total. The summed E-state index contributed by atoms with van der Waals surface area (Å²) in [5, 5.41) is 2.05. The van der Waals surface area contributed by atoms with Crippen molar-refractivity contribution in [2.75, 3.05) is 0 Å². The first-order valence-corrected chi connectivity index (χ1v) is 11.4. The highest BCUT2D eigenvalue weighted by Crippen LogP contribution is 2.28. The van der Waals surface area contributed by atoms with Crippen molar-refractivity contribution in [3.05, 3.63) is 143 Å². The van der Waals surface area contributed by atoms with Gasteiger partial charge < -0.3 is 0 Å². The smallest absolute Gasteiger partial charge is 0.0721 e. The normalized spacial score (nSPS) is 16.5. The van der Waals surface area contributed by atoms with E-state index in [9.17, 15) is 0 Å². The van der Waals surface area contributed by atoms with Gasteiger partial charge in [0.25, 0.3) is 0 Å². The Morgan fingerprint density at radius 1 is 0.879 bits per heavy atom. The molecule has 3 aromatic rings. The highest BCUT2D eigenvalue weighted by Gasteiger charge is 2.13. The minimum atomic E-state index is 0.900. The molecule has 0 bridgehead atoms. The van der Waals surface area contributed by atoms with E-state index in [1.807, 2.05) is 31.2 Å². The topological polar surface area (TPSA) is 12.4 Å². The van der Waals surface area contributed by atoms with E-state index < -0.39 is 0 Å². The zero-order valence-corrected chi connectivity index (χ0v) is 19.2. The van der Waals surface area contributed by atoms with Crippen LogP contribution in [-0.4, -0.2) is 5.71 Å². The lowest BCUT2D eigenvalue weighted by Crippen LogP contribution is -2.26. The fourth-order valence-corrected chi connectivity index (χ4v) is 4.00. The van der Waals surface area contributed by atoms with E-state index in [4.69, 9.17) is 4.99 Å². The number of allylic oxidation sites excluding steroid dienone is 7. The molecular formula is C32H29N. The summed E-state index contributed by atoms with van der Waals surface area (Å²) in [7, 11) is 0. The number of rotatable bonds is 5. The number of nitrogens with zero attached hydrogens (tertiary/aromatic N) is 1. The van der Waals surface area contributed by atoms with Crippen molar-refractivity contribution in [2.24, 2.45) is 4.99 Å². The van der Waals surface area contributed by atoms with Crippen LogP contribution in [0.15, 0.2) is 132 Å². The number of aliphatic imine (C=N–C) groups is 1. The quantitative estimate of drug-likeness (QED) is 0.398. The zero-order valence-electron chi connectivity index (χ0n) is 19.2. The predicted molar refractivity (Wildman–Crippen MR) is 143 cm³/mol. The molecule has 1 heteroatoms. The van der Waals surface area contributed by atoms with Gasteiger partial charge in [0.15, 0.2) is 0 Å². The van der Waals surface area contributed by atoms with Gasteiger partial charge in [0.05, 0.1) is 11.4 Å². The van der Waals surface area contributed by atoms with Crippen LogP contribution in [0, 0.1) is 0 Å². The molecule has 0 spiro atoms. The van der Waals surface area contributed by atoms with Gasteiger partial charge in [0.1, 0.15) is 0 Å². The maximum absolute atomic E-state index is 5.13. The molecule has 0 amide bonds. The second kappa shape index (κ2) is 10.6. The van der Waals surface area contributed by atoms with E-state index in [1.165, 1.54) is 11.1 Å². The van der Waals surface area contributed by atoms with Crippen LogP contribution in [0.3, 0.4) is 0 Å². The van der Waals surface area contributed by atoms with Crippen LogP contribution < -0.4 is 10.4 Å². The molecule has 0 radical (unpaired) electrons. The summed E-state index contributed by atoms with van der Waals surface area (Å²) in [5.74, 6) is 0. The van der Waals surface area contributed by atoms with E-state index in [2.05, 4.69) is 98.1 Å². The molecule has 0 unspecified atom stereocenters. The van der Waals surface area contributed by atoms with Crippen molar-refractivity contribution >= 4 is 17.9 Å². The molecule has 0 fully saturated rings. The van der Waals surface area contributed by atoms with Gasteiger partial charge in [-0.05, 0) is 70.7 Å². The van der Waals surface area contributed by atoms with E-state index in [0.717, 1.165) is 51.4 Å². The largest absolute Gasteiger partial charge is 0.248 e. The van der Waals surface area contributed by atoms with Crippen molar-refractivity contribution in [3.63, 3.8) is 0 Å². The van der Waals surface area contributed by atoms with Crippen LogP contribution in [0.5, 0.6) is 0 Å². The van der Waals surface area contributed by atoms with Crippen molar-refractivity contribution in [1.82, 2.24) is 0 Å². The number of hydrogen-bond acceptors (Lipinski definition) is 1. The van der Waals surface area contributed by atoms with Crippen molar-refractivity contribution < 1.29 is 0 Å². The van der Waals surface area contributed by atoms with Gasteiger partial charge >= 0.3 is 0 Å². The highest BCUT2D eigenvalue weighted by molar-refractivity contribution is 6.10. The maximum atomic E-state index is 5.13. The Hall–Kier alpha value is -3.97. The Bertz CT molecular complexity index is 1380. The van der Waals surface area contributed by atoms with E-state index in [-0.39, 0.29) is 0 Å². The van der Waals surface area contributed by atoms with Crippen LogP contribution in [0.1, 0.15) is 25.3 Å². The number of benzene rings is 3. The fourth-order valence-electron chi connectivity index (χ4n) is 4.00. The first-order chi connectivity index (χ1) is 16.2. The Morgan fingerprint density at radius 2 is 1.64 bits per heavy atom. The summed E-state index contributed by atoms with van der Waals surface area (Å²) >= 11 is 0. The third-order valence-electron chi connectivity index (χ3n) is 5.74. The van der Waals surface area contributed by atoms with Crippen molar-refractivity contribution in [1.29, 1.82) is 0 Å². The van der Waals surface area contributed by atoms with E-state index in [0.29, 0.717) is 0 Å². The monoisotopic (exact) mass is 427 g/mol. The Kier molecular flexibility index (Phi) is 7.12. The molecule has 0 atom stereocenters. The van der Waals surface area contributed by atoms with Gasteiger partial charge in [0.2, 0.25) is 0 Å². The van der Waals surface area contributed by atoms with Crippen LogP contribution in [0.4, 0.5) is 0 Å². The summed E-state index contributed by atoms with van der Waals surface area (Å²) in [6.07, 6.45) is 12.4. The molecule has 33 heavy (non-hydrogen) atoms. The lowest BCUT2D eigenvalue weighted by molar-refractivity contribution is 1.01. The third-order valence-corrected chi connectivity index (χ3v) is 5.74. The highest BCUT2D eigenvalue weighted by atomic mass is 14.8. The Labute approximate surface area is 196 Å². The second-order valence-corrected chi connectivity index (χ2v) is 8.10.